The molecule has 0 saturated carbocycles. The van der Waals surface area contributed by atoms with Gasteiger partial charge in [-0.3, -0.25) is 9.59 Å². The van der Waals surface area contributed by atoms with Crippen molar-refractivity contribution >= 4 is 27.8 Å². The van der Waals surface area contributed by atoms with Crippen LogP contribution in [0.25, 0.3) is 0 Å². The highest BCUT2D eigenvalue weighted by Gasteiger charge is 2.24. The number of carbonyl (C=O) groups is 2. The Morgan fingerprint density at radius 1 is 1.16 bits per heavy atom. The second kappa shape index (κ2) is 9.20. The maximum Gasteiger partial charge on any atom is 0.326 e. The van der Waals surface area contributed by atoms with Crippen LogP contribution in [0.15, 0.2) is 22.7 Å². The van der Waals surface area contributed by atoms with Gasteiger partial charge < -0.3 is 19.3 Å². The zero-order chi connectivity index (χ0) is 19.2. The van der Waals surface area contributed by atoms with Gasteiger partial charge in [0.25, 0.3) is 5.91 Å². The number of halogens is 1. The molecular weight excluding hydrogens is 388 g/mol. The summed E-state index contributed by atoms with van der Waals surface area (Å²) in [6.45, 7) is 6.35. The topological polar surface area (TPSA) is 59.1 Å². The van der Waals surface area contributed by atoms with Gasteiger partial charge in [0.05, 0.1) is 12.7 Å². The van der Waals surface area contributed by atoms with Crippen molar-refractivity contribution in [3.05, 3.63) is 28.2 Å². The molecule has 0 N–H and O–H groups in total. The molecule has 0 atom stereocenters. The summed E-state index contributed by atoms with van der Waals surface area (Å²) in [4.78, 5) is 28.6. The van der Waals surface area contributed by atoms with Gasteiger partial charge in [0, 0.05) is 17.6 Å². The van der Waals surface area contributed by atoms with E-state index >= 15 is 0 Å². The van der Waals surface area contributed by atoms with Crippen LogP contribution < -0.4 is 4.74 Å². The first-order valence-corrected chi connectivity index (χ1v) is 8.82. The normalized spacial score (nSPS) is 11.4. The van der Waals surface area contributed by atoms with Gasteiger partial charge in [-0.25, -0.2) is 0 Å². The molecule has 140 valence electrons. The third kappa shape index (κ3) is 7.44. The average Bonchev–Trinajstić information content (AvgIpc) is 2.49. The van der Waals surface area contributed by atoms with Crippen molar-refractivity contribution in [2.75, 3.05) is 40.8 Å². The summed E-state index contributed by atoms with van der Waals surface area (Å²) in [5, 5.41) is 0. The van der Waals surface area contributed by atoms with E-state index in [-0.39, 0.29) is 12.5 Å². The molecule has 0 aliphatic carbocycles. The molecule has 0 bridgehead atoms. The van der Waals surface area contributed by atoms with Crippen molar-refractivity contribution < 1.29 is 19.1 Å². The van der Waals surface area contributed by atoms with E-state index in [9.17, 15) is 9.59 Å². The molecule has 6 nitrogen and oxygen atoms in total. The van der Waals surface area contributed by atoms with E-state index in [0.29, 0.717) is 28.9 Å². The fraction of sp³-hybridized carbons (Fsp3) is 0.556. The number of hydrogen-bond donors (Lipinski definition) is 0. The number of rotatable bonds is 7. The molecule has 1 aromatic carbocycles. The molecule has 0 spiro atoms. The van der Waals surface area contributed by atoms with Gasteiger partial charge in [-0.2, -0.15) is 0 Å². The highest BCUT2D eigenvalue weighted by atomic mass is 79.9. The first kappa shape index (κ1) is 21.4. The first-order valence-electron chi connectivity index (χ1n) is 8.03. The lowest BCUT2D eigenvalue weighted by molar-refractivity contribution is -0.155. The predicted molar refractivity (Wildman–Crippen MR) is 101 cm³/mol. The number of carbonyl (C=O) groups excluding carboxylic acids is 2. The molecule has 0 heterocycles. The molecule has 0 aromatic heterocycles. The minimum absolute atomic E-state index is 0.104. The molecule has 0 fully saturated rings. The Bertz CT molecular complexity index is 612. The Morgan fingerprint density at radius 2 is 1.80 bits per heavy atom. The summed E-state index contributed by atoms with van der Waals surface area (Å²) in [7, 11) is 5.37. The van der Waals surface area contributed by atoms with Crippen LogP contribution in [0.4, 0.5) is 0 Å². The fourth-order valence-corrected chi connectivity index (χ4v) is 2.48. The van der Waals surface area contributed by atoms with Gasteiger partial charge in [-0.15, -0.1) is 0 Å². The second-order valence-electron chi connectivity index (χ2n) is 6.96. The number of nitrogens with zero attached hydrogens (tertiary/aromatic N) is 2. The smallest absolute Gasteiger partial charge is 0.326 e. The summed E-state index contributed by atoms with van der Waals surface area (Å²) < 4.78 is 11.2. The van der Waals surface area contributed by atoms with Crippen LogP contribution in [0.5, 0.6) is 5.75 Å². The predicted octanol–water partition coefficient (Wildman–Crippen LogP) is 2.80. The largest absolute Gasteiger partial charge is 0.497 e. The molecule has 1 rings (SSSR count). The van der Waals surface area contributed by atoms with E-state index in [1.54, 1.807) is 46.1 Å². The molecule has 0 aliphatic rings. The second-order valence-corrected chi connectivity index (χ2v) is 7.82. The van der Waals surface area contributed by atoms with E-state index in [2.05, 4.69) is 15.9 Å². The highest BCUT2D eigenvalue weighted by Crippen LogP contribution is 2.24. The number of ether oxygens (including phenoxy) is 2. The summed E-state index contributed by atoms with van der Waals surface area (Å²) >= 11 is 3.39. The van der Waals surface area contributed by atoms with E-state index < -0.39 is 11.6 Å². The maximum absolute atomic E-state index is 13.0. The third-order valence-corrected chi connectivity index (χ3v) is 3.94. The third-order valence-electron chi connectivity index (χ3n) is 3.25. The van der Waals surface area contributed by atoms with Crippen molar-refractivity contribution in [3.63, 3.8) is 0 Å². The minimum Gasteiger partial charge on any atom is -0.497 e. The molecule has 25 heavy (non-hydrogen) atoms. The standard InChI is InChI=1S/C18H27BrN2O4/c1-18(2,3)25-16(22)12-21(10-9-20(4)5)17(23)14-11-13(24-6)7-8-15(14)19/h7-8,11H,9-10,12H2,1-6H3. The van der Waals surface area contributed by atoms with E-state index in [1.165, 1.54) is 4.90 Å². The quantitative estimate of drug-likeness (QED) is 0.641. The van der Waals surface area contributed by atoms with Crippen LogP contribution in [0.3, 0.4) is 0 Å². The minimum atomic E-state index is -0.593. The van der Waals surface area contributed by atoms with E-state index in [1.807, 2.05) is 19.0 Å². The van der Waals surface area contributed by atoms with Crippen LogP contribution >= 0.6 is 15.9 Å². The number of hydrogen-bond acceptors (Lipinski definition) is 5. The summed E-state index contributed by atoms with van der Waals surface area (Å²) in [6, 6.07) is 5.17. The van der Waals surface area contributed by atoms with Crippen LogP contribution in [0.2, 0.25) is 0 Å². The van der Waals surface area contributed by atoms with Crippen molar-refractivity contribution in [2.24, 2.45) is 0 Å². The van der Waals surface area contributed by atoms with E-state index in [0.717, 1.165) is 0 Å². The van der Waals surface area contributed by atoms with Crippen LogP contribution in [-0.4, -0.2) is 68.1 Å². The molecule has 0 radical (unpaired) electrons. The number of methoxy groups -OCH3 is 1. The maximum atomic E-state index is 13.0. The Balaban J connectivity index is 3.02. The van der Waals surface area contributed by atoms with Gasteiger partial charge >= 0.3 is 5.97 Å². The summed E-state index contributed by atoms with van der Waals surface area (Å²) in [6.07, 6.45) is 0. The zero-order valence-electron chi connectivity index (χ0n) is 15.8. The number of likely N-dealkylation sites (N-methyl/N-ethyl adjacent to an activating group) is 1. The van der Waals surface area contributed by atoms with Crippen molar-refractivity contribution in [1.29, 1.82) is 0 Å². The number of esters is 1. The lowest BCUT2D eigenvalue weighted by atomic mass is 10.1. The number of benzene rings is 1. The molecule has 1 aromatic rings. The first-order chi connectivity index (χ1) is 11.5. The van der Waals surface area contributed by atoms with Gasteiger partial charge in [0.2, 0.25) is 0 Å². The summed E-state index contributed by atoms with van der Waals surface area (Å²) in [5.41, 5.74) is -0.147. The van der Waals surface area contributed by atoms with Gasteiger partial charge in [0.1, 0.15) is 17.9 Å². The van der Waals surface area contributed by atoms with Crippen molar-refractivity contribution in [1.82, 2.24) is 9.80 Å². The zero-order valence-corrected chi connectivity index (χ0v) is 17.3. The van der Waals surface area contributed by atoms with Gasteiger partial charge in [0.15, 0.2) is 0 Å². The van der Waals surface area contributed by atoms with Crippen LogP contribution in [-0.2, 0) is 9.53 Å². The molecule has 0 aliphatic heterocycles. The molecular formula is C18H27BrN2O4. The molecule has 0 saturated heterocycles. The molecule has 1 amide bonds. The lowest BCUT2D eigenvalue weighted by Crippen LogP contribution is -2.42. The molecule has 0 unspecified atom stereocenters. The fourth-order valence-electron chi connectivity index (χ4n) is 2.07. The summed E-state index contributed by atoms with van der Waals surface area (Å²) in [5.74, 6) is -0.103. The SMILES string of the molecule is COc1ccc(Br)c(C(=O)N(CCN(C)C)CC(=O)OC(C)(C)C)c1. The van der Waals surface area contributed by atoms with Crippen molar-refractivity contribution in [2.45, 2.75) is 26.4 Å². The molecule has 7 heteroatoms. The van der Waals surface area contributed by atoms with Crippen LogP contribution in [0.1, 0.15) is 31.1 Å². The Kier molecular flexibility index (Phi) is 7.89. The highest BCUT2D eigenvalue weighted by molar-refractivity contribution is 9.10. The van der Waals surface area contributed by atoms with Gasteiger partial charge in [-0.1, -0.05) is 0 Å². The number of amides is 1. The van der Waals surface area contributed by atoms with Gasteiger partial charge in [-0.05, 0) is 69.0 Å². The van der Waals surface area contributed by atoms with E-state index in [4.69, 9.17) is 9.47 Å². The Morgan fingerprint density at radius 3 is 2.32 bits per heavy atom. The van der Waals surface area contributed by atoms with Crippen LogP contribution in [0, 0.1) is 0 Å². The Labute approximate surface area is 158 Å². The lowest BCUT2D eigenvalue weighted by Gasteiger charge is -2.26. The Hall–Kier alpha value is -1.60. The monoisotopic (exact) mass is 414 g/mol. The average molecular weight is 415 g/mol. The van der Waals surface area contributed by atoms with Crippen molar-refractivity contribution in [3.8, 4) is 5.75 Å².